The van der Waals surface area contributed by atoms with E-state index in [1.54, 1.807) is 12.5 Å². The van der Waals surface area contributed by atoms with E-state index in [-0.39, 0.29) is 6.04 Å². The number of hydrogen-bond donors (Lipinski definition) is 2. The Labute approximate surface area is 65.9 Å². The minimum atomic E-state index is -0.00579. The topological polar surface area (TPSA) is 51.2 Å². The van der Waals surface area contributed by atoms with Gasteiger partial charge < -0.3 is 4.42 Å². The summed E-state index contributed by atoms with van der Waals surface area (Å²) in [5, 5.41) is 0. The first-order chi connectivity index (χ1) is 5.25. The fourth-order valence-corrected chi connectivity index (χ4v) is 0.962. The van der Waals surface area contributed by atoms with Crippen LogP contribution in [0.25, 0.3) is 0 Å². The lowest BCUT2D eigenvalue weighted by Crippen LogP contribution is -2.28. The molecule has 3 nitrogen and oxygen atoms in total. The molecule has 0 aromatic carbocycles. The van der Waals surface area contributed by atoms with Gasteiger partial charge in [0, 0.05) is 5.56 Å². The van der Waals surface area contributed by atoms with Crippen LogP contribution in [0, 0.1) is 0 Å². The third-order valence-electron chi connectivity index (χ3n) is 1.54. The van der Waals surface area contributed by atoms with E-state index in [4.69, 9.17) is 10.3 Å². The molecule has 0 fully saturated rings. The molecule has 0 bridgehead atoms. The van der Waals surface area contributed by atoms with Crippen LogP contribution in [0.15, 0.2) is 35.2 Å². The summed E-state index contributed by atoms with van der Waals surface area (Å²) in [7, 11) is 0. The second-order valence-corrected chi connectivity index (χ2v) is 2.50. The predicted molar refractivity (Wildman–Crippen MR) is 43.6 cm³/mol. The molecule has 3 N–H and O–H groups in total. The molecule has 0 spiro atoms. The number of hydrazine groups is 1. The Balaban J connectivity index is 2.79. The maximum atomic E-state index is 5.31. The van der Waals surface area contributed by atoms with E-state index in [0.29, 0.717) is 0 Å². The van der Waals surface area contributed by atoms with Crippen molar-refractivity contribution in [3.8, 4) is 0 Å². The van der Waals surface area contributed by atoms with E-state index in [1.165, 1.54) is 0 Å². The van der Waals surface area contributed by atoms with Gasteiger partial charge in [0.1, 0.15) is 0 Å². The van der Waals surface area contributed by atoms with E-state index in [2.05, 4.69) is 12.0 Å². The van der Waals surface area contributed by atoms with E-state index in [9.17, 15) is 0 Å². The molecule has 0 amide bonds. The van der Waals surface area contributed by atoms with Gasteiger partial charge in [-0.05, 0) is 13.0 Å². The summed E-state index contributed by atoms with van der Waals surface area (Å²) in [5.74, 6) is 5.31. The second-order valence-electron chi connectivity index (χ2n) is 2.50. The van der Waals surface area contributed by atoms with Crippen molar-refractivity contribution >= 4 is 0 Å². The molecule has 1 atom stereocenters. The standard InChI is InChI=1S/C8H12N2O/c1-6(2)8(10-9)7-3-4-11-5-7/h3-5,8,10H,1,9H2,2H3. The molecule has 1 aromatic rings. The van der Waals surface area contributed by atoms with E-state index >= 15 is 0 Å². The minimum Gasteiger partial charge on any atom is -0.472 e. The monoisotopic (exact) mass is 152 g/mol. The van der Waals surface area contributed by atoms with Crippen LogP contribution in [0.2, 0.25) is 0 Å². The lowest BCUT2D eigenvalue weighted by Gasteiger charge is -2.12. The van der Waals surface area contributed by atoms with Crippen molar-refractivity contribution in [2.24, 2.45) is 5.84 Å². The fourth-order valence-electron chi connectivity index (χ4n) is 0.962. The zero-order chi connectivity index (χ0) is 8.27. The number of hydrogen-bond acceptors (Lipinski definition) is 3. The number of nitrogens with one attached hydrogen (secondary N) is 1. The molecule has 0 saturated heterocycles. The first kappa shape index (κ1) is 8.04. The molecule has 1 aromatic heterocycles. The van der Waals surface area contributed by atoms with Gasteiger partial charge in [0.05, 0.1) is 18.6 Å². The van der Waals surface area contributed by atoms with Gasteiger partial charge >= 0.3 is 0 Å². The van der Waals surface area contributed by atoms with Gasteiger partial charge in [0.25, 0.3) is 0 Å². The molecule has 1 heterocycles. The van der Waals surface area contributed by atoms with Crippen LogP contribution >= 0.6 is 0 Å². The largest absolute Gasteiger partial charge is 0.472 e. The zero-order valence-corrected chi connectivity index (χ0v) is 6.50. The first-order valence-corrected chi connectivity index (χ1v) is 3.39. The molecule has 0 radical (unpaired) electrons. The number of furan rings is 1. The van der Waals surface area contributed by atoms with Gasteiger partial charge in [0.15, 0.2) is 0 Å². The Hall–Kier alpha value is -1.06. The summed E-state index contributed by atoms with van der Waals surface area (Å²) in [6, 6.07) is 1.85. The molecular weight excluding hydrogens is 140 g/mol. The van der Waals surface area contributed by atoms with Crippen LogP contribution in [-0.4, -0.2) is 0 Å². The zero-order valence-electron chi connectivity index (χ0n) is 6.50. The van der Waals surface area contributed by atoms with Crippen molar-refractivity contribution < 1.29 is 4.42 Å². The minimum absolute atomic E-state index is 0.00579. The van der Waals surface area contributed by atoms with Crippen LogP contribution < -0.4 is 11.3 Å². The van der Waals surface area contributed by atoms with Crippen LogP contribution in [0.4, 0.5) is 0 Å². The third kappa shape index (κ3) is 1.69. The summed E-state index contributed by atoms with van der Waals surface area (Å²) in [5.41, 5.74) is 4.61. The second kappa shape index (κ2) is 3.37. The maximum Gasteiger partial charge on any atom is 0.0954 e. The predicted octanol–water partition coefficient (Wildman–Crippen LogP) is 1.36. The molecule has 1 rings (SSSR count). The van der Waals surface area contributed by atoms with Crippen molar-refractivity contribution in [2.45, 2.75) is 13.0 Å². The molecule has 1 unspecified atom stereocenters. The quantitative estimate of drug-likeness (QED) is 0.390. The highest BCUT2D eigenvalue weighted by molar-refractivity contribution is 5.21. The molecule has 11 heavy (non-hydrogen) atoms. The van der Waals surface area contributed by atoms with Crippen molar-refractivity contribution in [3.63, 3.8) is 0 Å². The summed E-state index contributed by atoms with van der Waals surface area (Å²) in [6.45, 7) is 5.71. The fraction of sp³-hybridized carbons (Fsp3) is 0.250. The van der Waals surface area contributed by atoms with Gasteiger partial charge in [-0.25, -0.2) is 5.43 Å². The highest BCUT2D eigenvalue weighted by Gasteiger charge is 2.09. The molecule has 3 heteroatoms. The Morgan fingerprint density at radius 1 is 1.82 bits per heavy atom. The molecule has 0 aliphatic carbocycles. The summed E-state index contributed by atoms with van der Waals surface area (Å²) >= 11 is 0. The van der Waals surface area contributed by atoms with E-state index in [1.807, 2.05) is 13.0 Å². The Morgan fingerprint density at radius 3 is 2.91 bits per heavy atom. The lowest BCUT2D eigenvalue weighted by molar-refractivity contribution is 0.552. The van der Waals surface area contributed by atoms with Crippen LogP contribution in [-0.2, 0) is 0 Å². The average molecular weight is 152 g/mol. The molecule has 60 valence electrons. The van der Waals surface area contributed by atoms with Gasteiger partial charge in [-0.15, -0.1) is 0 Å². The highest BCUT2D eigenvalue weighted by Crippen LogP contribution is 2.18. The Kier molecular flexibility index (Phi) is 2.46. The molecule has 0 saturated carbocycles. The van der Waals surface area contributed by atoms with Crippen molar-refractivity contribution in [2.75, 3.05) is 0 Å². The molecule has 0 aliphatic rings. The average Bonchev–Trinajstić information content (AvgIpc) is 2.40. The van der Waals surface area contributed by atoms with Crippen molar-refractivity contribution in [1.82, 2.24) is 5.43 Å². The summed E-state index contributed by atoms with van der Waals surface area (Å²) in [6.07, 6.45) is 3.27. The van der Waals surface area contributed by atoms with Gasteiger partial charge in [-0.3, -0.25) is 5.84 Å². The third-order valence-corrected chi connectivity index (χ3v) is 1.54. The normalized spacial score (nSPS) is 12.9. The smallest absolute Gasteiger partial charge is 0.0954 e. The molecular formula is C8H12N2O. The molecule has 0 aliphatic heterocycles. The van der Waals surface area contributed by atoms with E-state index < -0.39 is 0 Å². The van der Waals surface area contributed by atoms with Crippen LogP contribution in [0.3, 0.4) is 0 Å². The van der Waals surface area contributed by atoms with Crippen molar-refractivity contribution in [1.29, 1.82) is 0 Å². The SMILES string of the molecule is C=C(C)C(NN)c1ccoc1. The van der Waals surface area contributed by atoms with E-state index in [0.717, 1.165) is 11.1 Å². The maximum absolute atomic E-state index is 5.31. The van der Waals surface area contributed by atoms with Crippen LogP contribution in [0.5, 0.6) is 0 Å². The first-order valence-electron chi connectivity index (χ1n) is 3.39. The Bertz CT molecular complexity index is 228. The van der Waals surface area contributed by atoms with Gasteiger partial charge in [0.2, 0.25) is 0 Å². The van der Waals surface area contributed by atoms with Crippen molar-refractivity contribution in [3.05, 3.63) is 36.3 Å². The Morgan fingerprint density at radius 2 is 2.55 bits per heavy atom. The number of rotatable bonds is 3. The van der Waals surface area contributed by atoms with Gasteiger partial charge in [-0.2, -0.15) is 0 Å². The summed E-state index contributed by atoms with van der Waals surface area (Å²) in [4.78, 5) is 0. The highest BCUT2D eigenvalue weighted by atomic mass is 16.3. The number of nitrogens with two attached hydrogens (primary N) is 1. The van der Waals surface area contributed by atoms with Gasteiger partial charge in [-0.1, -0.05) is 12.2 Å². The summed E-state index contributed by atoms with van der Waals surface area (Å²) < 4.78 is 4.91. The van der Waals surface area contributed by atoms with Crippen LogP contribution in [0.1, 0.15) is 18.5 Å². The lowest BCUT2D eigenvalue weighted by atomic mass is 10.1.